The Balaban J connectivity index is 1.83. The zero-order valence-electron chi connectivity index (χ0n) is 15.3. The lowest BCUT2D eigenvalue weighted by Gasteiger charge is -2.23. The van der Waals surface area contributed by atoms with Gasteiger partial charge in [-0.1, -0.05) is 25.7 Å². The van der Waals surface area contributed by atoms with E-state index >= 15 is 0 Å². The summed E-state index contributed by atoms with van der Waals surface area (Å²) in [6.07, 6.45) is 6.26. The molecule has 0 aromatic rings. The van der Waals surface area contributed by atoms with E-state index in [0.29, 0.717) is 31.3 Å². The van der Waals surface area contributed by atoms with E-state index in [0.717, 1.165) is 6.42 Å². The third-order valence-electron chi connectivity index (χ3n) is 5.90. The molecule has 138 valence electrons. The van der Waals surface area contributed by atoms with E-state index in [2.05, 4.69) is 6.58 Å². The molecule has 1 N–H and O–H groups in total. The van der Waals surface area contributed by atoms with Gasteiger partial charge in [-0.05, 0) is 46.0 Å². The number of fused-ring (bicyclic) bond motifs is 2. The molecule has 0 unspecified atom stereocenters. The van der Waals surface area contributed by atoms with Crippen molar-refractivity contribution >= 4 is 11.8 Å². The van der Waals surface area contributed by atoms with E-state index in [1.807, 2.05) is 26.0 Å². The van der Waals surface area contributed by atoms with Gasteiger partial charge in [0.1, 0.15) is 0 Å². The molecule has 5 heteroatoms. The Labute approximate surface area is 149 Å². The highest BCUT2D eigenvalue weighted by Gasteiger charge is 2.55. The van der Waals surface area contributed by atoms with Crippen LogP contribution in [-0.2, 0) is 19.1 Å². The summed E-state index contributed by atoms with van der Waals surface area (Å²) in [6.45, 7) is 9.51. The fraction of sp³-hybridized carbons (Fsp3) is 0.700. The van der Waals surface area contributed by atoms with Crippen LogP contribution < -0.4 is 0 Å². The maximum absolute atomic E-state index is 12.8. The third-order valence-corrected chi connectivity index (χ3v) is 5.90. The van der Waals surface area contributed by atoms with Crippen molar-refractivity contribution in [2.24, 2.45) is 11.8 Å². The lowest BCUT2D eigenvalue weighted by atomic mass is 9.82. The zero-order chi connectivity index (χ0) is 18.4. The van der Waals surface area contributed by atoms with Crippen molar-refractivity contribution in [3.8, 4) is 0 Å². The van der Waals surface area contributed by atoms with Gasteiger partial charge in [0.25, 0.3) is 0 Å². The van der Waals surface area contributed by atoms with Crippen molar-refractivity contribution in [2.75, 3.05) is 0 Å². The van der Waals surface area contributed by atoms with Gasteiger partial charge >= 0.3 is 5.97 Å². The number of rotatable bonds is 0. The Morgan fingerprint density at radius 2 is 2.04 bits per heavy atom. The Morgan fingerprint density at radius 3 is 2.76 bits per heavy atom. The van der Waals surface area contributed by atoms with Crippen LogP contribution in [0.4, 0.5) is 0 Å². The summed E-state index contributed by atoms with van der Waals surface area (Å²) in [6, 6.07) is 0. The monoisotopic (exact) mass is 348 g/mol. The Bertz CT molecular complexity index is 620. The van der Waals surface area contributed by atoms with Gasteiger partial charge in [0, 0.05) is 17.4 Å². The molecule has 0 aromatic carbocycles. The number of aliphatic hydroxyl groups is 1. The zero-order valence-corrected chi connectivity index (χ0v) is 15.3. The van der Waals surface area contributed by atoms with E-state index in [1.165, 1.54) is 0 Å². The van der Waals surface area contributed by atoms with E-state index in [1.54, 1.807) is 6.92 Å². The number of esters is 1. The fourth-order valence-corrected chi connectivity index (χ4v) is 3.95. The Morgan fingerprint density at radius 1 is 1.32 bits per heavy atom. The number of hydrogen-bond donors (Lipinski definition) is 1. The molecule has 0 aromatic heterocycles. The van der Waals surface area contributed by atoms with Gasteiger partial charge < -0.3 is 14.6 Å². The average Bonchev–Trinajstić information content (AvgIpc) is 3.07. The van der Waals surface area contributed by atoms with Gasteiger partial charge in [0.2, 0.25) is 0 Å². The lowest BCUT2D eigenvalue weighted by molar-refractivity contribution is -0.148. The van der Waals surface area contributed by atoms with E-state index in [-0.39, 0.29) is 29.3 Å². The summed E-state index contributed by atoms with van der Waals surface area (Å²) in [7, 11) is 0. The van der Waals surface area contributed by atoms with Crippen LogP contribution >= 0.6 is 0 Å². The van der Waals surface area contributed by atoms with Gasteiger partial charge in [-0.2, -0.15) is 0 Å². The maximum atomic E-state index is 12.8. The van der Waals surface area contributed by atoms with Gasteiger partial charge in [-0.15, -0.1) is 0 Å². The molecule has 2 saturated heterocycles. The number of carbonyl (C=O) groups excluding carboxylic acids is 2. The molecule has 3 rings (SSSR count). The Kier molecular flexibility index (Phi) is 4.67. The second kappa shape index (κ2) is 6.36. The minimum absolute atomic E-state index is 0.0353. The van der Waals surface area contributed by atoms with Crippen molar-refractivity contribution in [3.63, 3.8) is 0 Å². The van der Waals surface area contributed by atoms with Crippen molar-refractivity contribution in [3.05, 3.63) is 24.3 Å². The van der Waals surface area contributed by atoms with Gasteiger partial charge in [-0.25, -0.2) is 4.79 Å². The van der Waals surface area contributed by atoms with Gasteiger partial charge in [0.15, 0.2) is 11.9 Å². The molecular weight excluding hydrogens is 320 g/mol. The van der Waals surface area contributed by atoms with Gasteiger partial charge in [0.05, 0.1) is 17.3 Å². The molecule has 0 saturated carbocycles. The first-order chi connectivity index (χ1) is 11.6. The number of carbonyl (C=O) groups is 2. The Hall–Kier alpha value is -1.46. The first kappa shape index (κ1) is 18.3. The van der Waals surface area contributed by atoms with Crippen LogP contribution in [0.15, 0.2) is 24.3 Å². The first-order valence-corrected chi connectivity index (χ1v) is 9.14. The van der Waals surface area contributed by atoms with Crippen LogP contribution in [0.25, 0.3) is 0 Å². The van der Waals surface area contributed by atoms with Crippen LogP contribution in [-0.4, -0.2) is 40.3 Å². The quantitative estimate of drug-likeness (QED) is 0.315. The predicted octanol–water partition coefficient (Wildman–Crippen LogP) is 2.72. The largest absolute Gasteiger partial charge is 0.450 e. The fourth-order valence-electron chi connectivity index (χ4n) is 3.95. The molecule has 2 aliphatic heterocycles. The SMILES string of the molecule is C=C1C(=O)O[C@H]2C(=O)[C@H](C)CCC[C@@](C)(O)C=CC[C@@]3(C)O[C@@H]3C[C@@H]12. The molecule has 0 bridgehead atoms. The van der Waals surface area contributed by atoms with E-state index < -0.39 is 17.7 Å². The lowest BCUT2D eigenvalue weighted by Crippen LogP contribution is -2.33. The van der Waals surface area contributed by atoms with Crippen molar-refractivity contribution < 1.29 is 24.2 Å². The highest BCUT2D eigenvalue weighted by atomic mass is 16.6. The second-order valence-electron chi connectivity index (χ2n) is 8.27. The highest BCUT2D eigenvalue weighted by molar-refractivity contribution is 5.98. The predicted molar refractivity (Wildman–Crippen MR) is 92.8 cm³/mol. The van der Waals surface area contributed by atoms with Crippen LogP contribution in [0, 0.1) is 11.8 Å². The van der Waals surface area contributed by atoms with Crippen LogP contribution in [0.2, 0.25) is 0 Å². The summed E-state index contributed by atoms with van der Waals surface area (Å²) in [5.41, 5.74) is -0.819. The number of epoxide rings is 1. The normalized spacial score (nSPS) is 45.4. The molecule has 5 nitrogen and oxygen atoms in total. The number of ketones is 1. The summed E-state index contributed by atoms with van der Waals surface area (Å²) < 4.78 is 11.2. The third kappa shape index (κ3) is 3.72. The smallest absolute Gasteiger partial charge is 0.334 e. The topological polar surface area (TPSA) is 76.1 Å². The van der Waals surface area contributed by atoms with Crippen LogP contribution in [0.5, 0.6) is 0 Å². The molecule has 0 amide bonds. The molecule has 2 heterocycles. The van der Waals surface area contributed by atoms with Crippen LogP contribution in [0.1, 0.15) is 52.9 Å². The number of Topliss-reactive ketones (excluding diaryl/α,β-unsaturated/α-hetero) is 1. The number of ether oxygens (including phenoxy) is 2. The molecule has 0 radical (unpaired) electrons. The van der Waals surface area contributed by atoms with Gasteiger partial charge in [-0.3, -0.25) is 4.79 Å². The van der Waals surface area contributed by atoms with E-state index in [4.69, 9.17) is 9.47 Å². The molecule has 1 aliphatic carbocycles. The summed E-state index contributed by atoms with van der Waals surface area (Å²) in [5, 5.41) is 10.4. The summed E-state index contributed by atoms with van der Waals surface area (Å²) in [5.74, 6) is -1.04. The van der Waals surface area contributed by atoms with Crippen molar-refractivity contribution in [2.45, 2.75) is 76.3 Å². The number of hydrogen-bond acceptors (Lipinski definition) is 5. The maximum Gasteiger partial charge on any atom is 0.334 e. The van der Waals surface area contributed by atoms with E-state index in [9.17, 15) is 14.7 Å². The molecule has 3 aliphatic rings. The highest BCUT2D eigenvalue weighted by Crippen LogP contribution is 2.47. The summed E-state index contributed by atoms with van der Waals surface area (Å²) in [4.78, 5) is 24.8. The van der Waals surface area contributed by atoms with Crippen molar-refractivity contribution in [1.29, 1.82) is 0 Å². The first-order valence-electron chi connectivity index (χ1n) is 9.14. The standard InChI is InChI=1S/C20H28O5/c1-12-7-5-8-19(3,23)9-6-10-20(4)15(25-20)11-14-13(2)18(22)24-17(14)16(12)21/h6,9,12,14-15,17,23H,2,5,7-8,10-11H2,1,3-4H3/t12-,14+,15-,17-,19-,20-/m1/s1. The molecular formula is C20H28O5. The molecule has 6 atom stereocenters. The second-order valence-corrected chi connectivity index (χ2v) is 8.27. The molecule has 25 heavy (non-hydrogen) atoms. The molecule has 2 fully saturated rings. The average molecular weight is 348 g/mol. The minimum atomic E-state index is -0.885. The van der Waals surface area contributed by atoms with Crippen molar-refractivity contribution in [1.82, 2.24) is 0 Å². The minimum Gasteiger partial charge on any atom is -0.450 e. The van der Waals surface area contributed by atoms with Crippen LogP contribution in [0.3, 0.4) is 0 Å². The summed E-state index contributed by atoms with van der Waals surface area (Å²) >= 11 is 0. The molecule has 0 spiro atoms.